The van der Waals surface area contributed by atoms with Gasteiger partial charge in [0.05, 0.1) is 6.54 Å². The van der Waals surface area contributed by atoms with Crippen molar-refractivity contribution in [1.29, 1.82) is 0 Å². The summed E-state index contributed by atoms with van der Waals surface area (Å²) in [5.41, 5.74) is 0.376. The van der Waals surface area contributed by atoms with Crippen molar-refractivity contribution in [3.05, 3.63) is 52.0 Å². The highest BCUT2D eigenvalue weighted by Gasteiger charge is 2.17. The second kappa shape index (κ2) is 6.05. The Morgan fingerprint density at radius 1 is 1.41 bits per heavy atom. The number of nitrogens with zero attached hydrogens (tertiary/aromatic N) is 5. The van der Waals surface area contributed by atoms with E-state index in [-0.39, 0.29) is 5.56 Å². The topological polar surface area (TPSA) is 65.6 Å². The third kappa shape index (κ3) is 2.48. The van der Waals surface area contributed by atoms with Crippen LogP contribution in [0.1, 0.15) is 0 Å². The number of allylic oxidation sites excluding steroid dienone is 1. The third-order valence-electron chi connectivity index (χ3n) is 3.06. The van der Waals surface area contributed by atoms with E-state index in [9.17, 15) is 4.79 Å². The molecule has 0 atom stereocenters. The summed E-state index contributed by atoms with van der Waals surface area (Å²) in [4.78, 5) is 25.6. The molecule has 3 rings (SSSR count). The van der Waals surface area contributed by atoms with Crippen molar-refractivity contribution >= 4 is 38.7 Å². The number of pyridine rings is 1. The highest BCUT2D eigenvalue weighted by atomic mass is 79.9. The molecule has 22 heavy (non-hydrogen) atoms. The molecule has 3 aromatic heterocycles. The van der Waals surface area contributed by atoms with Crippen LogP contribution in [0.15, 0.2) is 51.6 Å². The maximum atomic E-state index is 12.6. The lowest BCUT2D eigenvalue weighted by Gasteiger charge is -2.10. The molecule has 0 unspecified atom stereocenters. The van der Waals surface area contributed by atoms with Crippen molar-refractivity contribution in [1.82, 2.24) is 24.3 Å². The number of aromatic nitrogens is 5. The number of hydrogen-bond acceptors (Lipinski definition) is 5. The Kier molecular flexibility index (Phi) is 4.12. The van der Waals surface area contributed by atoms with E-state index < -0.39 is 0 Å². The van der Waals surface area contributed by atoms with Crippen LogP contribution in [0.25, 0.3) is 16.9 Å². The first-order chi connectivity index (χ1) is 10.7. The molecule has 0 aliphatic heterocycles. The summed E-state index contributed by atoms with van der Waals surface area (Å²) >= 11 is 4.78. The Balaban J connectivity index is 2.41. The lowest BCUT2D eigenvalue weighted by atomic mass is 10.4. The average Bonchev–Trinajstić information content (AvgIpc) is 2.80. The summed E-state index contributed by atoms with van der Waals surface area (Å²) in [6, 6.07) is 5.51. The van der Waals surface area contributed by atoms with Crippen LogP contribution >= 0.6 is 27.7 Å². The minimum atomic E-state index is -0.163. The van der Waals surface area contributed by atoms with E-state index in [0.717, 1.165) is 0 Å². The van der Waals surface area contributed by atoms with Gasteiger partial charge in [-0.1, -0.05) is 23.9 Å². The maximum Gasteiger partial charge on any atom is 0.278 e. The van der Waals surface area contributed by atoms with Crippen molar-refractivity contribution in [3.63, 3.8) is 0 Å². The molecule has 0 aliphatic rings. The van der Waals surface area contributed by atoms with Crippen LogP contribution in [0.4, 0.5) is 0 Å². The smallest absolute Gasteiger partial charge is 0.267 e. The summed E-state index contributed by atoms with van der Waals surface area (Å²) < 4.78 is 3.93. The van der Waals surface area contributed by atoms with E-state index >= 15 is 0 Å². The van der Waals surface area contributed by atoms with E-state index in [2.05, 4.69) is 37.5 Å². The van der Waals surface area contributed by atoms with Crippen LogP contribution in [0.3, 0.4) is 0 Å². The SMILES string of the molecule is C=CCn1c(=O)c2cnc(SC)nc2n1-c1cccc(Br)n1. The van der Waals surface area contributed by atoms with Crippen LogP contribution < -0.4 is 5.56 Å². The van der Waals surface area contributed by atoms with Gasteiger partial charge < -0.3 is 0 Å². The van der Waals surface area contributed by atoms with Gasteiger partial charge in [-0.05, 0) is 34.3 Å². The number of rotatable bonds is 4. The molecule has 112 valence electrons. The van der Waals surface area contributed by atoms with Gasteiger partial charge in [0.25, 0.3) is 5.56 Å². The van der Waals surface area contributed by atoms with Crippen LogP contribution in [-0.2, 0) is 6.54 Å². The predicted molar refractivity (Wildman–Crippen MR) is 90.6 cm³/mol. The molecule has 0 spiro atoms. The quantitative estimate of drug-likeness (QED) is 0.302. The number of fused-ring (bicyclic) bond motifs is 1. The van der Waals surface area contributed by atoms with Crippen molar-refractivity contribution in [2.45, 2.75) is 11.7 Å². The van der Waals surface area contributed by atoms with Crippen molar-refractivity contribution in [2.75, 3.05) is 6.26 Å². The fourth-order valence-electron chi connectivity index (χ4n) is 2.15. The highest BCUT2D eigenvalue weighted by molar-refractivity contribution is 9.10. The Hall–Kier alpha value is -1.93. The zero-order valence-corrected chi connectivity index (χ0v) is 14.1. The number of hydrogen-bond donors (Lipinski definition) is 0. The van der Waals surface area contributed by atoms with Gasteiger partial charge in [-0.3, -0.25) is 4.79 Å². The largest absolute Gasteiger partial charge is 0.278 e. The number of halogens is 1. The van der Waals surface area contributed by atoms with E-state index in [4.69, 9.17) is 0 Å². The molecular weight excluding hydrogens is 366 g/mol. The minimum Gasteiger partial charge on any atom is -0.267 e. The molecule has 3 heterocycles. The maximum absolute atomic E-state index is 12.6. The molecular formula is C14H12BrN5OS. The van der Waals surface area contributed by atoms with Crippen molar-refractivity contribution in [2.24, 2.45) is 0 Å². The molecule has 0 aliphatic carbocycles. The normalized spacial score (nSPS) is 11.0. The zero-order chi connectivity index (χ0) is 15.7. The van der Waals surface area contributed by atoms with Gasteiger partial charge in [0.1, 0.15) is 9.99 Å². The Bertz CT molecular complexity index is 917. The summed E-state index contributed by atoms with van der Waals surface area (Å²) in [6.07, 6.45) is 5.12. The molecule has 8 heteroatoms. The van der Waals surface area contributed by atoms with Crippen LogP contribution in [0.2, 0.25) is 0 Å². The van der Waals surface area contributed by atoms with Gasteiger partial charge in [0.15, 0.2) is 16.6 Å². The van der Waals surface area contributed by atoms with Crippen LogP contribution in [0.5, 0.6) is 0 Å². The molecule has 0 bridgehead atoms. The Labute approximate surface area is 139 Å². The fraction of sp³-hybridized carbons (Fsp3) is 0.143. The van der Waals surface area contributed by atoms with Crippen molar-refractivity contribution in [3.8, 4) is 5.82 Å². The van der Waals surface area contributed by atoms with Crippen molar-refractivity contribution < 1.29 is 0 Å². The molecule has 0 N–H and O–H groups in total. The first-order valence-electron chi connectivity index (χ1n) is 6.42. The van der Waals surface area contributed by atoms with Gasteiger partial charge in [-0.25, -0.2) is 24.3 Å². The van der Waals surface area contributed by atoms with E-state index in [1.807, 2.05) is 24.5 Å². The minimum absolute atomic E-state index is 0.163. The molecule has 0 fully saturated rings. The van der Waals surface area contributed by atoms with Gasteiger partial charge in [-0.2, -0.15) is 0 Å². The number of thioether (sulfide) groups is 1. The van der Waals surface area contributed by atoms with Crippen LogP contribution in [-0.4, -0.2) is 30.6 Å². The van der Waals surface area contributed by atoms with Gasteiger partial charge >= 0.3 is 0 Å². The average molecular weight is 378 g/mol. The fourth-order valence-corrected chi connectivity index (χ4v) is 2.82. The van der Waals surface area contributed by atoms with E-state index in [1.165, 1.54) is 11.8 Å². The molecule has 0 saturated heterocycles. The molecule has 0 saturated carbocycles. The van der Waals surface area contributed by atoms with Crippen LogP contribution in [0, 0.1) is 0 Å². The second-order valence-corrected chi connectivity index (χ2v) is 5.99. The van der Waals surface area contributed by atoms with Gasteiger partial charge in [0, 0.05) is 6.20 Å². The summed E-state index contributed by atoms with van der Waals surface area (Å²) in [5.74, 6) is 0.606. The Morgan fingerprint density at radius 2 is 2.23 bits per heavy atom. The second-order valence-electron chi connectivity index (χ2n) is 4.40. The summed E-state index contributed by atoms with van der Waals surface area (Å²) in [7, 11) is 0. The lowest BCUT2D eigenvalue weighted by molar-refractivity contribution is 0.595. The third-order valence-corrected chi connectivity index (χ3v) is 4.06. The van der Waals surface area contributed by atoms with E-state index in [1.54, 1.807) is 21.6 Å². The Morgan fingerprint density at radius 3 is 2.91 bits per heavy atom. The first kappa shape index (κ1) is 15.0. The highest BCUT2D eigenvalue weighted by Crippen LogP contribution is 2.18. The summed E-state index contributed by atoms with van der Waals surface area (Å²) in [6.45, 7) is 4.07. The molecule has 0 aromatic carbocycles. The lowest BCUT2D eigenvalue weighted by Crippen LogP contribution is -2.22. The summed E-state index contributed by atoms with van der Waals surface area (Å²) in [5, 5.41) is 1.06. The standard InChI is InChI=1S/C14H12BrN5OS/c1-3-7-19-13(21)9-8-16-14(22-2)18-12(9)20(19)11-6-4-5-10(15)17-11/h3-6,8H,1,7H2,2H3. The van der Waals surface area contributed by atoms with E-state index in [0.29, 0.717) is 33.2 Å². The molecule has 6 nitrogen and oxygen atoms in total. The van der Waals surface area contributed by atoms with Gasteiger partial charge in [-0.15, -0.1) is 6.58 Å². The first-order valence-corrected chi connectivity index (χ1v) is 8.44. The molecule has 0 amide bonds. The predicted octanol–water partition coefficient (Wildman–Crippen LogP) is 2.65. The zero-order valence-electron chi connectivity index (χ0n) is 11.7. The molecule has 3 aromatic rings. The van der Waals surface area contributed by atoms with Gasteiger partial charge in [0.2, 0.25) is 0 Å². The molecule has 0 radical (unpaired) electrons. The monoisotopic (exact) mass is 377 g/mol.